The number of carbonyl (C=O) groups is 1. The Hall–Kier alpha value is -0.650. The number of carboxylic acids is 1. The average molecular weight is 258 g/mol. The molecule has 1 fully saturated rings. The minimum Gasteiger partial charge on any atom is -0.480 e. The van der Waals surface area contributed by atoms with Gasteiger partial charge in [-0.1, -0.05) is 13.8 Å². The molecule has 106 valence electrons. The largest absolute Gasteiger partial charge is 0.480 e. The maximum Gasteiger partial charge on any atom is 0.322 e. The molecule has 1 rings (SSSR count). The van der Waals surface area contributed by atoms with E-state index in [0.717, 1.165) is 32.6 Å². The molecule has 1 heterocycles. The minimum atomic E-state index is -0.811. The van der Waals surface area contributed by atoms with E-state index in [1.165, 1.54) is 0 Å². The van der Waals surface area contributed by atoms with Gasteiger partial charge in [-0.25, -0.2) is 0 Å². The first-order chi connectivity index (χ1) is 8.47. The second-order valence-electron chi connectivity index (χ2n) is 5.69. The molecule has 1 saturated heterocycles. The molecule has 0 bridgehead atoms. The Balaban J connectivity index is 2.33. The molecule has 0 aliphatic carbocycles. The highest BCUT2D eigenvalue weighted by molar-refractivity contribution is 5.73. The highest BCUT2D eigenvalue weighted by Gasteiger charge is 2.30. The molecule has 0 spiro atoms. The van der Waals surface area contributed by atoms with Crippen molar-refractivity contribution in [3.8, 4) is 0 Å². The molecular formula is C13H26N2O3. The van der Waals surface area contributed by atoms with Crippen molar-refractivity contribution < 1.29 is 14.6 Å². The third-order valence-electron chi connectivity index (χ3n) is 3.90. The van der Waals surface area contributed by atoms with Crippen LogP contribution in [-0.2, 0) is 9.53 Å². The molecule has 1 aliphatic rings. The van der Waals surface area contributed by atoms with Gasteiger partial charge in [-0.3, -0.25) is 4.79 Å². The van der Waals surface area contributed by atoms with Crippen LogP contribution in [-0.4, -0.2) is 50.5 Å². The molecule has 18 heavy (non-hydrogen) atoms. The van der Waals surface area contributed by atoms with Crippen molar-refractivity contribution in [1.82, 2.24) is 10.6 Å². The van der Waals surface area contributed by atoms with Gasteiger partial charge in [-0.2, -0.15) is 0 Å². The number of ether oxygens (including phenoxy) is 1. The molecule has 1 atom stereocenters. The Bertz CT molecular complexity index is 263. The van der Waals surface area contributed by atoms with Crippen LogP contribution in [0.4, 0.5) is 0 Å². The molecule has 0 aromatic rings. The van der Waals surface area contributed by atoms with Gasteiger partial charge in [0.25, 0.3) is 0 Å². The fourth-order valence-electron chi connectivity index (χ4n) is 2.47. The van der Waals surface area contributed by atoms with Gasteiger partial charge in [-0.05, 0) is 31.2 Å². The first-order valence-electron chi connectivity index (χ1n) is 6.66. The van der Waals surface area contributed by atoms with Gasteiger partial charge in [0.1, 0.15) is 6.04 Å². The SMILES string of the molecule is CNC(CNCC(C)(C)C1CCOCC1)C(=O)O. The van der Waals surface area contributed by atoms with Crippen molar-refractivity contribution in [2.45, 2.75) is 32.7 Å². The molecule has 0 amide bonds. The van der Waals surface area contributed by atoms with Gasteiger partial charge in [0.2, 0.25) is 0 Å². The fraction of sp³-hybridized carbons (Fsp3) is 0.923. The summed E-state index contributed by atoms with van der Waals surface area (Å²) in [6.07, 6.45) is 2.20. The Kier molecular flexibility index (Phi) is 6.05. The average Bonchev–Trinajstić information content (AvgIpc) is 2.35. The molecule has 0 saturated carbocycles. The second kappa shape index (κ2) is 7.07. The first kappa shape index (κ1) is 15.4. The fourth-order valence-corrected chi connectivity index (χ4v) is 2.47. The Morgan fingerprint density at radius 2 is 2.06 bits per heavy atom. The van der Waals surface area contributed by atoms with Crippen molar-refractivity contribution in [2.75, 3.05) is 33.4 Å². The first-order valence-corrected chi connectivity index (χ1v) is 6.66. The number of hydrogen-bond donors (Lipinski definition) is 3. The number of nitrogens with one attached hydrogen (secondary N) is 2. The quantitative estimate of drug-likeness (QED) is 0.627. The van der Waals surface area contributed by atoms with Crippen LogP contribution in [0, 0.1) is 11.3 Å². The minimum absolute atomic E-state index is 0.181. The summed E-state index contributed by atoms with van der Waals surface area (Å²) in [6, 6.07) is -0.518. The van der Waals surface area contributed by atoms with E-state index in [0.29, 0.717) is 12.5 Å². The van der Waals surface area contributed by atoms with Crippen LogP contribution in [0.1, 0.15) is 26.7 Å². The normalized spacial score (nSPS) is 19.7. The van der Waals surface area contributed by atoms with Crippen LogP contribution in [0.25, 0.3) is 0 Å². The third kappa shape index (κ3) is 4.55. The summed E-state index contributed by atoms with van der Waals surface area (Å²) in [6.45, 7) is 7.47. The lowest BCUT2D eigenvalue weighted by atomic mass is 9.74. The van der Waals surface area contributed by atoms with Crippen LogP contribution in [0.3, 0.4) is 0 Å². The number of rotatable bonds is 7. The van der Waals surface area contributed by atoms with E-state index in [9.17, 15) is 4.79 Å². The standard InChI is InChI=1S/C13H26N2O3/c1-13(2,10-4-6-18-7-5-10)9-15-8-11(14-3)12(16)17/h10-11,14-15H,4-9H2,1-3H3,(H,16,17). The monoisotopic (exact) mass is 258 g/mol. The predicted octanol–water partition coefficient (Wildman–Crippen LogP) is 0.701. The Labute approximate surface area is 109 Å². The zero-order valence-electron chi connectivity index (χ0n) is 11.7. The van der Waals surface area contributed by atoms with E-state index < -0.39 is 12.0 Å². The maximum atomic E-state index is 10.9. The summed E-state index contributed by atoms with van der Waals surface area (Å²) in [5, 5.41) is 15.0. The molecule has 0 aromatic carbocycles. The summed E-state index contributed by atoms with van der Waals surface area (Å²) in [4.78, 5) is 10.9. The van der Waals surface area contributed by atoms with Gasteiger partial charge < -0.3 is 20.5 Å². The van der Waals surface area contributed by atoms with Gasteiger partial charge in [0.05, 0.1) is 0 Å². The van der Waals surface area contributed by atoms with E-state index in [4.69, 9.17) is 9.84 Å². The van der Waals surface area contributed by atoms with Crippen molar-refractivity contribution >= 4 is 5.97 Å². The lowest BCUT2D eigenvalue weighted by molar-refractivity contribution is -0.139. The highest BCUT2D eigenvalue weighted by atomic mass is 16.5. The van der Waals surface area contributed by atoms with Gasteiger partial charge in [0.15, 0.2) is 0 Å². The van der Waals surface area contributed by atoms with E-state index in [1.54, 1.807) is 7.05 Å². The number of carboxylic acid groups (broad SMARTS) is 1. The summed E-state index contributed by atoms with van der Waals surface area (Å²) in [5.41, 5.74) is 0.181. The molecule has 3 N–H and O–H groups in total. The molecule has 0 radical (unpaired) electrons. The molecule has 5 nitrogen and oxygen atoms in total. The molecule has 1 aliphatic heterocycles. The van der Waals surface area contributed by atoms with Crippen LogP contribution < -0.4 is 10.6 Å². The van der Waals surface area contributed by atoms with Crippen LogP contribution in [0.2, 0.25) is 0 Å². The highest BCUT2D eigenvalue weighted by Crippen LogP contribution is 2.33. The maximum absolute atomic E-state index is 10.9. The van der Waals surface area contributed by atoms with E-state index in [1.807, 2.05) is 0 Å². The predicted molar refractivity (Wildman–Crippen MR) is 70.7 cm³/mol. The Morgan fingerprint density at radius 3 is 2.56 bits per heavy atom. The smallest absolute Gasteiger partial charge is 0.322 e. The molecule has 1 unspecified atom stereocenters. The number of aliphatic carboxylic acids is 1. The van der Waals surface area contributed by atoms with Gasteiger partial charge >= 0.3 is 5.97 Å². The molecular weight excluding hydrogens is 232 g/mol. The number of hydrogen-bond acceptors (Lipinski definition) is 4. The van der Waals surface area contributed by atoms with Crippen molar-refractivity contribution in [3.05, 3.63) is 0 Å². The zero-order valence-corrected chi connectivity index (χ0v) is 11.7. The zero-order chi connectivity index (χ0) is 13.6. The van der Waals surface area contributed by atoms with E-state index in [2.05, 4.69) is 24.5 Å². The van der Waals surface area contributed by atoms with E-state index >= 15 is 0 Å². The summed E-state index contributed by atoms with van der Waals surface area (Å²) in [7, 11) is 1.67. The molecule has 0 aromatic heterocycles. The lowest BCUT2D eigenvalue weighted by Gasteiger charge is -2.37. The second-order valence-corrected chi connectivity index (χ2v) is 5.69. The Morgan fingerprint density at radius 1 is 1.44 bits per heavy atom. The van der Waals surface area contributed by atoms with Crippen molar-refractivity contribution in [2.24, 2.45) is 11.3 Å². The van der Waals surface area contributed by atoms with Crippen LogP contribution >= 0.6 is 0 Å². The van der Waals surface area contributed by atoms with Gasteiger partial charge in [0, 0.05) is 26.3 Å². The van der Waals surface area contributed by atoms with E-state index in [-0.39, 0.29) is 5.41 Å². The summed E-state index contributed by atoms with van der Waals surface area (Å²) >= 11 is 0. The molecule has 5 heteroatoms. The van der Waals surface area contributed by atoms with Crippen molar-refractivity contribution in [3.63, 3.8) is 0 Å². The summed E-state index contributed by atoms with van der Waals surface area (Å²) in [5.74, 6) is -0.162. The summed E-state index contributed by atoms with van der Waals surface area (Å²) < 4.78 is 5.38. The van der Waals surface area contributed by atoms with Gasteiger partial charge in [-0.15, -0.1) is 0 Å². The number of likely N-dealkylation sites (N-methyl/N-ethyl adjacent to an activating group) is 1. The van der Waals surface area contributed by atoms with Crippen molar-refractivity contribution in [1.29, 1.82) is 0 Å². The lowest BCUT2D eigenvalue weighted by Crippen LogP contribution is -2.46. The third-order valence-corrected chi connectivity index (χ3v) is 3.90. The topological polar surface area (TPSA) is 70.6 Å². The van der Waals surface area contributed by atoms with Crippen LogP contribution in [0.5, 0.6) is 0 Å². The van der Waals surface area contributed by atoms with Crippen LogP contribution in [0.15, 0.2) is 0 Å².